The average molecular weight is 378 g/mol. The minimum atomic E-state index is -0.520. The third kappa shape index (κ3) is 3.13. The third-order valence-corrected chi connectivity index (χ3v) is 5.25. The molecule has 0 fully saturated rings. The molecule has 0 unspecified atom stereocenters. The predicted octanol–water partition coefficient (Wildman–Crippen LogP) is 2.35. The molecule has 2 N–H and O–H groups in total. The fourth-order valence-corrected chi connectivity index (χ4v) is 3.80. The molecule has 2 aromatic heterocycles. The number of hydrogen-bond donors (Lipinski definition) is 2. The molecule has 0 atom stereocenters. The zero-order chi connectivity index (χ0) is 20.1. The number of nitrogens with one attached hydrogen (secondary N) is 2. The summed E-state index contributed by atoms with van der Waals surface area (Å²) < 4.78 is 1.90. The van der Waals surface area contributed by atoms with Crippen LogP contribution in [0.2, 0.25) is 0 Å². The van der Waals surface area contributed by atoms with Gasteiger partial charge in [-0.25, -0.2) is 4.98 Å². The Labute approximate surface area is 161 Å². The van der Waals surface area contributed by atoms with Gasteiger partial charge in [-0.3, -0.25) is 14.4 Å². The summed E-state index contributed by atoms with van der Waals surface area (Å²) in [7, 11) is 1.88. The first kappa shape index (κ1) is 18.2. The van der Waals surface area contributed by atoms with Crippen LogP contribution in [0.3, 0.4) is 0 Å². The minimum Gasteiger partial charge on any atom is -0.345 e. The highest BCUT2D eigenvalue weighted by Crippen LogP contribution is 2.33. The first-order chi connectivity index (χ1) is 13.2. The maximum Gasteiger partial charge on any atom is 0.261 e. The number of hydrogen-bond acceptors (Lipinski definition) is 4. The summed E-state index contributed by atoms with van der Waals surface area (Å²) >= 11 is 0. The summed E-state index contributed by atoms with van der Waals surface area (Å²) in [4.78, 5) is 44.7. The first-order valence-corrected chi connectivity index (χ1v) is 9.23. The number of ketones is 1. The lowest BCUT2D eigenvalue weighted by Crippen LogP contribution is -2.34. The molecule has 0 saturated heterocycles. The van der Waals surface area contributed by atoms with Crippen molar-refractivity contribution in [2.75, 3.05) is 0 Å². The van der Waals surface area contributed by atoms with Gasteiger partial charge in [-0.2, -0.15) is 0 Å². The number of aryl methyl sites for hydroxylation is 1. The van der Waals surface area contributed by atoms with Crippen molar-refractivity contribution in [3.63, 3.8) is 0 Å². The Morgan fingerprint density at radius 1 is 1.25 bits per heavy atom. The molecular weight excluding hydrogens is 356 g/mol. The molecule has 0 spiro atoms. The Morgan fingerprint density at radius 2 is 2.00 bits per heavy atom. The van der Waals surface area contributed by atoms with E-state index in [1.54, 1.807) is 0 Å². The maximum absolute atomic E-state index is 12.6. The van der Waals surface area contributed by atoms with E-state index in [1.165, 1.54) is 6.07 Å². The van der Waals surface area contributed by atoms with Crippen LogP contribution >= 0.6 is 0 Å². The lowest BCUT2D eigenvalue weighted by atomic mass is 9.75. The first-order valence-electron chi connectivity index (χ1n) is 9.23. The van der Waals surface area contributed by atoms with E-state index < -0.39 is 11.5 Å². The molecule has 0 radical (unpaired) electrons. The molecule has 28 heavy (non-hydrogen) atoms. The van der Waals surface area contributed by atoms with Crippen LogP contribution in [0.4, 0.5) is 0 Å². The molecule has 0 saturated carbocycles. The smallest absolute Gasteiger partial charge is 0.261 e. The number of H-pyrrole nitrogens is 1. The van der Waals surface area contributed by atoms with Gasteiger partial charge in [-0.1, -0.05) is 26.0 Å². The molecule has 4 rings (SSSR count). The summed E-state index contributed by atoms with van der Waals surface area (Å²) in [6.45, 7) is 4.16. The third-order valence-electron chi connectivity index (χ3n) is 5.25. The Morgan fingerprint density at radius 3 is 2.75 bits per heavy atom. The van der Waals surface area contributed by atoms with Crippen LogP contribution in [0.15, 0.2) is 35.1 Å². The molecule has 0 aliphatic heterocycles. The normalized spacial score (nSPS) is 15.5. The summed E-state index contributed by atoms with van der Waals surface area (Å²) in [6, 6.07) is 9.12. The topological polar surface area (TPSA) is 96.9 Å². The number of amides is 1. The molecule has 0 bridgehead atoms. The lowest BCUT2D eigenvalue weighted by Gasteiger charge is -2.29. The van der Waals surface area contributed by atoms with Gasteiger partial charge in [0.15, 0.2) is 5.78 Å². The number of fused-ring (bicyclic) bond motifs is 2. The van der Waals surface area contributed by atoms with Crippen LogP contribution < -0.4 is 10.9 Å². The summed E-state index contributed by atoms with van der Waals surface area (Å²) in [5.74, 6) is 0.113. The van der Waals surface area contributed by atoms with E-state index in [1.807, 2.05) is 49.7 Å². The number of nitrogens with zero attached hydrogens (tertiary/aromatic N) is 2. The molecule has 7 nitrogen and oxygen atoms in total. The zero-order valence-electron chi connectivity index (χ0n) is 16.1. The number of aromatic nitrogens is 3. The van der Waals surface area contributed by atoms with Gasteiger partial charge >= 0.3 is 0 Å². The van der Waals surface area contributed by atoms with E-state index in [4.69, 9.17) is 0 Å². The number of rotatable bonds is 3. The van der Waals surface area contributed by atoms with E-state index in [0.717, 1.165) is 11.0 Å². The number of Topliss-reactive ketones (excluding diaryl/α,β-unsaturated/α-hetero) is 1. The van der Waals surface area contributed by atoms with E-state index >= 15 is 0 Å². The molecule has 1 aromatic carbocycles. The molecule has 1 amide bonds. The largest absolute Gasteiger partial charge is 0.345 e. The van der Waals surface area contributed by atoms with E-state index in [9.17, 15) is 14.4 Å². The molecule has 2 heterocycles. The van der Waals surface area contributed by atoms with E-state index in [-0.39, 0.29) is 23.3 Å². The van der Waals surface area contributed by atoms with Gasteiger partial charge in [-0.05, 0) is 30.0 Å². The SMILES string of the molecule is Cn1c(CNC(=O)c2cc3c([nH]c2=O)CC(C)(C)CC3=O)nc2ccccc21. The minimum absolute atomic E-state index is 0.0492. The van der Waals surface area contributed by atoms with Crippen LogP contribution in [0, 0.1) is 5.41 Å². The van der Waals surface area contributed by atoms with E-state index in [2.05, 4.69) is 15.3 Å². The standard InChI is InChI=1S/C21H22N4O3/c1-21(2)9-15-12(17(26)10-21)8-13(20(28)24-15)19(27)22-11-18-23-14-6-4-5-7-16(14)25(18)3/h4-8H,9-11H2,1-3H3,(H,22,27)(H,24,28). The quantitative estimate of drug-likeness (QED) is 0.731. The van der Waals surface area contributed by atoms with Gasteiger partial charge in [0.05, 0.1) is 17.6 Å². The fourth-order valence-electron chi connectivity index (χ4n) is 3.80. The molecule has 7 heteroatoms. The predicted molar refractivity (Wildman–Crippen MR) is 105 cm³/mol. The van der Waals surface area contributed by atoms with Gasteiger partial charge in [-0.15, -0.1) is 0 Å². The second kappa shape index (κ2) is 6.44. The van der Waals surface area contributed by atoms with Crippen LogP contribution in [-0.2, 0) is 20.0 Å². The fraction of sp³-hybridized carbons (Fsp3) is 0.333. The summed E-state index contributed by atoms with van der Waals surface area (Å²) in [5.41, 5.74) is 2.12. The zero-order valence-corrected chi connectivity index (χ0v) is 16.1. The Kier molecular flexibility index (Phi) is 4.18. The van der Waals surface area contributed by atoms with Crippen molar-refractivity contribution in [1.82, 2.24) is 19.9 Å². The number of para-hydroxylation sites is 2. The highest BCUT2D eigenvalue weighted by Gasteiger charge is 2.32. The maximum atomic E-state index is 12.6. The Hall–Kier alpha value is -3.22. The molecule has 3 aromatic rings. The summed E-state index contributed by atoms with van der Waals surface area (Å²) in [6.07, 6.45) is 0.998. The van der Waals surface area contributed by atoms with Gasteiger partial charge in [0.2, 0.25) is 0 Å². The van der Waals surface area contributed by atoms with Crippen molar-refractivity contribution in [2.24, 2.45) is 12.5 Å². The van der Waals surface area contributed by atoms with Crippen molar-refractivity contribution in [2.45, 2.75) is 33.2 Å². The molecule has 1 aliphatic rings. The van der Waals surface area contributed by atoms with Crippen molar-refractivity contribution in [3.05, 3.63) is 63.3 Å². The average Bonchev–Trinajstić information content (AvgIpc) is 2.94. The van der Waals surface area contributed by atoms with Crippen LogP contribution in [-0.4, -0.2) is 26.2 Å². The Bertz CT molecular complexity index is 1170. The van der Waals surface area contributed by atoms with Crippen molar-refractivity contribution >= 4 is 22.7 Å². The lowest BCUT2D eigenvalue weighted by molar-refractivity contribution is 0.0910. The number of carbonyl (C=O) groups excluding carboxylic acids is 2. The van der Waals surface area contributed by atoms with Gasteiger partial charge in [0, 0.05) is 24.7 Å². The van der Waals surface area contributed by atoms with Crippen LogP contribution in [0.5, 0.6) is 0 Å². The van der Waals surface area contributed by atoms with E-state index in [0.29, 0.717) is 29.9 Å². The van der Waals surface area contributed by atoms with Gasteiger partial charge in [0.25, 0.3) is 11.5 Å². The highest BCUT2D eigenvalue weighted by atomic mass is 16.2. The Balaban J connectivity index is 1.58. The number of imidazole rings is 1. The number of benzene rings is 1. The summed E-state index contributed by atoms with van der Waals surface area (Å²) in [5, 5.41) is 2.74. The highest BCUT2D eigenvalue weighted by molar-refractivity contribution is 6.02. The van der Waals surface area contributed by atoms with Crippen molar-refractivity contribution < 1.29 is 9.59 Å². The van der Waals surface area contributed by atoms with Crippen molar-refractivity contribution in [1.29, 1.82) is 0 Å². The van der Waals surface area contributed by atoms with Crippen molar-refractivity contribution in [3.8, 4) is 0 Å². The number of carbonyl (C=O) groups is 2. The van der Waals surface area contributed by atoms with Gasteiger partial charge < -0.3 is 14.9 Å². The van der Waals surface area contributed by atoms with Crippen LogP contribution in [0.25, 0.3) is 11.0 Å². The second-order valence-corrected chi connectivity index (χ2v) is 8.10. The molecule has 1 aliphatic carbocycles. The second-order valence-electron chi connectivity index (χ2n) is 8.10. The monoisotopic (exact) mass is 378 g/mol. The molecular formula is C21H22N4O3. The number of pyridine rings is 1. The number of aromatic amines is 1. The van der Waals surface area contributed by atoms with Crippen LogP contribution in [0.1, 0.15) is 52.5 Å². The molecule has 144 valence electrons. The van der Waals surface area contributed by atoms with Gasteiger partial charge in [0.1, 0.15) is 11.4 Å².